The first-order valence-electron chi connectivity index (χ1n) is 5.92. The zero-order chi connectivity index (χ0) is 14.6. The quantitative estimate of drug-likeness (QED) is 0.831. The van der Waals surface area contributed by atoms with Crippen LogP contribution in [0.15, 0.2) is 59.5 Å². The summed E-state index contributed by atoms with van der Waals surface area (Å²) in [6.07, 6.45) is 0.00897. The average molecular weight is 290 g/mol. The van der Waals surface area contributed by atoms with Gasteiger partial charge >= 0.3 is 0 Å². The van der Waals surface area contributed by atoms with E-state index in [1.807, 2.05) is 10.8 Å². The first-order valence-corrected chi connectivity index (χ1v) is 7.41. The van der Waals surface area contributed by atoms with Crippen molar-refractivity contribution in [2.75, 3.05) is 5.73 Å². The fourth-order valence-electron chi connectivity index (χ4n) is 1.67. The van der Waals surface area contributed by atoms with Crippen LogP contribution in [0.4, 0.5) is 5.69 Å². The number of rotatable bonds is 4. The van der Waals surface area contributed by atoms with Gasteiger partial charge in [-0.3, -0.25) is 4.79 Å². The summed E-state index contributed by atoms with van der Waals surface area (Å²) in [7, 11) is -3.85. The number of nitrogen functional groups attached to an aromatic ring is 1. The van der Waals surface area contributed by atoms with Crippen LogP contribution in [-0.2, 0) is 21.2 Å². The van der Waals surface area contributed by atoms with Crippen molar-refractivity contribution in [2.45, 2.75) is 11.3 Å². The number of nitrogens with one attached hydrogen (secondary N) is 1. The molecule has 0 unspecified atom stereocenters. The van der Waals surface area contributed by atoms with Crippen molar-refractivity contribution in [1.29, 1.82) is 0 Å². The van der Waals surface area contributed by atoms with Crippen molar-refractivity contribution in [3.63, 3.8) is 0 Å². The minimum absolute atomic E-state index is 0.00751. The lowest BCUT2D eigenvalue weighted by atomic mass is 10.1. The number of hydrogen-bond acceptors (Lipinski definition) is 4. The highest BCUT2D eigenvalue weighted by atomic mass is 32.2. The Kier molecular flexibility index (Phi) is 4.05. The molecule has 5 nitrogen and oxygen atoms in total. The van der Waals surface area contributed by atoms with Crippen molar-refractivity contribution in [3.05, 3.63) is 60.2 Å². The molecule has 0 saturated carbocycles. The van der Waals surface area contributed by atoms with Gasteiger partial charge in [-0.2, -0.15) is 0 Å². The van der Waals surface area contributed by atoms with Gasteiger partial charge in [0.1, 0.15) is 0 Å². The van der Waals surface area contributed by atoms with E-state index in [1.165, 1.54) is 24.3 Å². The van der Waals surface area contributed by atoms with Gasteiger partial charge in [0.05, 0.1) is 11.3 Å². The normalized spacial score (nSPS) is 11.0. The second-order valence-electron chi connectivity index (χ2n) is 4.26. The van der Waals surface area contributed by atoms with Crippen LogP contribution >= 0.6 is 0 Å². The summed E-state index contributed by atoms with van der Waals surface area (Å²) >= 11 is 0. The Morgan fingerprint density at radius 2 is 1.60 bits per heavy atom. The molecular weight excluding hydrogens is 276 g/mol. The van der Waals surface area contributed by atoms with E-state index in [9.17, 15) is 13.2 Å². The molecule has 2 aromatic carbocycles. The monoisotopic (exact) mass is 290 g/mol. The van der Waals surface area contributed by atoms with Gasteiger partial charge in [-0.1, -0.05) is 30.3 Å². The van der Waals surface area contributed by atoms with Gasteiger partial charge < -0.3 is 5.73 Å². The number of benzene rings is 2. The molecule has 6 heteroatoms. The molecule has 0 aliphatic carbocycles. The van der Waals surface area contributed by atoms with E-state index in [2.05, 4.69) is 0 Å². The molecule has 20 heavy (non-hydrogen) atoms. The minimum atomic E-state index is -3.85. The van der Waals surface area contributed by atoms with Crippen molar-refractivity contribution < 1.29 is 13.2 Å². The second kappa shape index (κ2) is 5.75. The van der Waals surface area contributed by atoms with Crippen LogP contribution in [0.25, 0.3) is 0 Å². The van der Waals surface area contributed by atoms with Gasteiger partial charge in [0, 0.05) is 5.69 Å². The first-order chi connectivity index (χ1) is 9.47. The van der Waals surface area contributed by atoms with Gasteiger partial charge in [-0.05, 0) is 29.8 Å². The fraction of sp³-hybridized carbons (Fsp3) is 0.0714. The highest BCUT2D eigenvalue weighted by Gasteiger charge is 2.17. The summed E-state index contributed by atoms with van der Waals surface area (Å²) < 4.78 is 26.0. The smallest absolute Gasteiger partial charge is 0.264 e. The third-order valence-electron chi connectivity index (χ3n) is 2.65. The Hall–Kier alpha value is -2.34. The molecule has 3 N–H and O–H groups in total. The second-order valence-corrected chi connectivity index (χ2v) is 5.94. The molecule has 0 spiro atoms. The molecule has 0 fully saturated rings. The summed E-state index contributed by atoms with van der Waals surface area (Å²) in [6, 6.07) is 14.6. The number of amides is 1. The molecule has 104 valence electrons. The predicted octanol–water partition coefficient (Wildman–Crippen LogP) is 1.32. The molecule has 0 heterocycles. The molecule has 0 atom stereocenters. The minimum Gasteiger partial charge on any atom is -0.399 e. The molecule has 1 amide bonds. The van der Waals surface area contributed by atoms with E-state index < -0.39 is 15.9 Å². The van der Waals surface area contributed by atoms with Crippen LogP contribution in [0, 0.1) is 0 Å². The number of nitrogens with two attached hydrogens (primary N) is 1. The lowest BCUT2D eigenvalue weighted by Crippen LogP contribution is -2.31. The van der Waals surface area contributed by atoms with E-state index in [4.69, 9.17) is 5.73 Å². The van der Waals surface area contributed by atoms with E-state index >= 15 is 0 Å². The molecule has 0 aromatic heterocycles. The number of carbonyl (C=O) groups excluding carboxylic acids is 1. The number of carbonyl (C=O) groups is 1. The van der Waals surface area contributed by atoms with Crippen LogP contribution in [0.2, 0.25) is 0 Å². The van der Waals surface area contributed by atoms with E-state index in [0.29, 0.717) is 5.69 Å². The molecule has 2 aromatic rings. The summed E-state index contributed by atoms with van der Waals surface area (Å²) in [5.41, 5.74) is 6.70. The Bertz CT molecular complexity index is 695. The Morgan fingerprint density at radius 3 is 2.20 bits per heavy atom. The standard InChI is InChI=1S/C14H14N2O3S/c15-12-6-8-13(9-7-12)20(18,19)16-14(17)10-11-4-2-1-3-5-11/h1-9H,10,15H2,(H,16,17). The van der Waals surface area contributed by atoms with Gasteiger partial charge in [-0.25, -0.2) is 13.1 Å². The Balaban J connectivity index is 2.08. The predicted molar refractivity (Wildman–Crippen MR) is 76.3 cm³/mol. The molecule has 0 aliphatic heterocycles. The summed E-state index contributed by atoms with van der Waals surface area (Å²) in [6.45, 7) is 0. The zero-order valence-electron chi connectivity index (χ0n) is 10.6. The molecular formula is C14H14N2O3S. The summed E-state index contributed by atoms with van der Waals surface area (Å²) in [5, 5.41) is 0. The highest BCUT2D eigenvalue weighted by Crippen LogP contribution is 2.11. The van der Waals surface area contributed by atoms with Gasteiger partial charge in [0.15, 0.2) is 0 Å². The summed E-state index contributed by atoms with van der Waals surface area (Å²) in [4.78, 5) is 11.8. The maximum atomic E-state index is 12.0. The highest BCUT2D eigenvalue weighted by molar-refractivity contribution is 7.90. The van der Waals surface area contributed by atoms with Gasteiger partial charge in [0.25, 0.3) is 10.0 Å². The number of anilines is 1. The number of sulfonamides is 1. The lowest BCUT2D eigenvalue weighted by Gasteiger charge is -2.07. The average Bonchev–Trinajstić information content (AvgIpc) is 2.39. The van der Waals surface area contributed by atoms with Gasteiger partial charge in [-0.15, -0.1) is 0 Å². The van der Waals surface area contributed by atoms with E-state index in [0.717, 1.165) is 5.56 Å². The van der Waals surface area contributed by atoms with E-state index in [1.54, 1.807) is 24.3 Å². The molecule has 0 bridgehead atoms. The van der Waals surface area contributed by atoms with Crippen molar-refractivity contribution >= 4 is 21.6 Å². The third-order valence-corrected chi connectivity index (χ3v) is 4.04. The maximum absolute atomic E-state index is 12.0. The SMILES string of the molecule is Nc1ccc(S(=O)(=O)NC(=O)Cc2ccccc2)cc1. The summed E-state index contributed by atoms with van der Waals surface area (Å²) in [5.74, 6) is -0.576. The topological polar surface area (TPSA) is 89.3 Å². The molecule has 0 radical (unpaired) electrons. The molecule has 0 saturated heterocycles. The van der Waals surface area contributed by atoms with Crippen LogP contribution in [0.3, 0.4) is 0 Å². The van der Waals surface area contributed by atoms with Gasteiger partial charge in [0.2, 0.25) is 5.91 Å². The molecule has 0 aliphatic rings. The van der Waals surface area contributed by atoms with Crippen LogP contribution in [0.1, 0.15) is 5.56 Å². The van der Waals surface area contributed by atoms with Crippen LogP contribution in [-0.4, -0.2) is 14.3 Å². The van der Waals surface area contributed by atoms with Crippen molar-refractivity contribution in [2.24, 2.45) is 0 Å². The largest absolute Gasteiger partial charge is 0.399 e. The molecule has 2 rings (SSSR count). The van der Waals surface area contributed by atoms with Crippen LogP contribution in [0.5, 0.6) is 0 Å². The van der Waals surface area contributed by atoms with Crippen molar-refractivity contribution in [1.82, 2.24) is 4.72 Å². The zero-order valence-corrected chi connectivity index (χ0v) is 11.4. The third kappa shape index (κ3) is 3.58. The number of hydrogen-bond donors (Lipinski definition) is 2. The van der Waals surface area contributed by atoms with Crippen LogP contribution < -0.4 is 10.5 Å². The fourth-order valence-corrected chi connectivity index (χ4v) is 2.66. The lowest BCUT2D eigenvalue weighted by molar-refractivity contribution is -0.118. The van der Waals surface area contributed by atoms with Crippen molar-refractivity contribution in [3.8, 4) is 0 Å². The maximum Gasteiger partial charge on any atom is 0.264 e. The Labute approximate surface area is 117 Å². The Morgan fingerprint density at radius 1 is 1.00 bits per heavy atom. The first kappa shape index (κ1) is 14.1. The van der Waals surface area contributed by atoms with E-state index in [-0.39, 0.29) is 11.3 Å².